The zero-order chi connectivity index (χ0) is 9.23. The number of unbranched alkanes of at least 4 members (excludes halogenated alkanes) is 6. The Morgan fingerprint density at radius 1 is 1.00 bits per heavy atom. The Balaban J connectivity index is 0. The molecule has 0 unspecified atom stereocenters. The van der Waals surface area contributed by atoms with E-state index in [4.69, 9.17) is 5.11 Å². The molecule has 0 aromatic rings. The molecule has 0 saturated carbocycles. The molecular formula is C10H20O2Pb. The molecule has 0 heterocycles. The maximum absolute atomic E-state index is 10.1. The van der Waals surface area contributed by atoms with Crippen LogP contribution in [0, 0.1) is 0 Å². The van der Waals surface area contributed by atoms with E-state index in [0.29, 0.717) is 6.42 Å². The number of carbonyl (C=O) groups is 1. The average Bonchev–Trinajstić information content (AvgIpc) is 2.02. The third-order valence-corrected chi connectivity index (χ3v) is 1.99. The third-order valence-electron chi connectivity index (χ3n) is 1.99. The van der Waals surface area contributed by atoms with Crippen LogP contribution < -0.4 is 0 Å². The van der Waals surface area contributed by atoms with E-state index in [1.54, 1.807) is 0 Å². The quantitative estimate of drug-likeness (QED) is 0.520. The minimum Gasteiger partial charge on any atom is -0.481 e. The zero-order valence-electron chi connectivity index (χ0n) is 8.51. The van der Waals surface area contributed by atoms with Gasteiger partial charge in [-0.25, -0.2) is 0 Å². The molecule has 76 valence electrons. The van der Waals surface area contributed by atoms with Crippen molar-refractivity contribution in [3.63, 3.8) is 0 Å². The summed E-state index contributed by atoms with van der Waals surface area (Å²) in [4.78, 5) is 10.1. The fraction of sp³-hybridized carbons (Fsp3) is 0.900. The number of hydrogen-bond donors (Lipinski definition) is 1. The molecule has 4 radical (unpaired) electrons. The van der Waals surface area contributed by atoms with E-state index in [1.165, 1.54) is 32.1 Å². The van der Waals surface area contributed by atoms with E-state index in [1.807, 2.05) is 0 Å². The molecule has 0 aromatic carbocycles. The average molecular weight is 379 g/mol. The van der Waals surface area contributed by atoms with Crippen molar-refractivity contribution < 1.29 is 9.90 Å². The molecule has 0 aliphatic heterocycles. The number of rotatable bonds is 8. The number of aliphatic carboxylic acids is 1. The van der Waals surface area contributed by atoms with Crippen LogP contribution in [0.3, 0.4) is 0 Å². The summed E-state index contributed by atoms with van der Waals surface area (Å²) in [5, 5.41) is 8.35. The molecule has 3 heteroatoms. The Morgan fingerprint density at radius 3 is 1.92 bits per heavy atom. The van der Waals surface area contributed by atoms with Crippen LogP contribution >= 0.6 is 0 Å². The van der Waals surface area contributed by atoms with Gasteiger partial charge >= 0.3 is 5.97 Å². The van der Waals surface area contributed by atoms with Crippen LogP contribution in [0.5, 0.6) is 0 Å². The maximum atomic E-state index is 10.1. The second-order valence-corrected chi connectivity index (χ2v) is 3.27. The molecule has 0 fully saturated rings. The molecule has 0 aromatic heterocycles. The van der Waals surface area contributed by atoms with Crippen molar-refractivity contribution in [2.45, 2.75) is 58.3 Å². The number of hydrogen-bond acceptors (Lipinski definition) is 1. The monoisotopic (exact) mass is 380 g/mol. The maximum Gasteiger partial charge on any atom is 0.303 e. The van der Waals surface area contributed by atoms with Gasteiger partial charge in [-0.2, -0.15) is 0 Å². The number of carboxylic acids is 1. The molecular weight excluding hydrogens is 359 g/mol. The van der Waals surface area contributed by atoms with Crippen molar-refractivity contribution in [3.05, 3.63) is 0 Å². The van der Waals surface area contributed by atoms with Gasteiger partial charge in [-0.05, 0) is 6.42 Å². The van der Waals surface area contributed by atoms with Crippen LogP contribution in [0.15, 0.2) is 0 Å². The van der Waals surface area contributed by atoms with Gasteiger partial charge in [0, 0.05) is 33.7 Å². The smallest absolute Gasteiger partial charge is 0.303 e. The zero-order valence-corrected chi connectivity index (χ0v) is 12.4. The van der Waals surface area contributed by atoms with E-state index in [0.717, 1.165) is 12.8 Å². The molecule has 0 bridgehead atoms. The summed E-state index contributed by atoms with van der Waals surface area (Å²) in [6, 6.07) is 0. The van der Waals surface area contributed by atoms with Crippen LogP contribution in [0.4, 0.5) is 0 Å². The minimum atomic E-state index is -0.663. The summed E-state index contributed by atoms with van der Waals surface area (Å²) < 4.78 is 0. The van der Waals surface area contributed by atoms with E-state index in [9.17, 15) is 4.79 Å². The summed E-state index contributed by atoms with van der Waals surface area (Å²) >= 11 is 0. The SMILES string of the molecule is CCCCCCCCCC(=O)O.[Pb]. The Kier molecular flexibility index (Phi) is 15.1. The second-order valence-electron chi connectivity index (χ2n) is 3.27. The minimum absolute atomic E-state index is 0. The Bertz CT molecular complexity index is 115. The molecule has 1 N–H and O–H groups in total. The van der Waals surface area contributed by atoms with Gasteiger partial charge in [0.2, 0.25) is 0 Å². The first-order valence-corrected chi connectivity index (χ1v) is 4.99. The van der Waals surface area contributed by atoms with E-state index >= 15 is 0 Å². The van der Waals surface area contributed by atoms with E-state index < -0.39 is 5.97 Å². The second kappa shape index (κ2) is 12.4. The summed E-state index contributed by atoms with van der Waals surface area (Å²) in [5.41, 5.74) is 0. The van der Waals surface area contributed by atoms with Gasteiger partial charge in [0.25, 0.3) is 0 Å². The molecule has 0 aliphatic carbocycles. The molecule has 0 rings (SSSR count). The Hall–Kier alpha value is 0.392. The predicted molar refractivity (Wildman–Crippen MR) is 56.0 cm³/mol. The molecule has 0 spiro atoms. The molecule has 13 heavy (non-hydrogen) atoms. The number of carboxylic acid groups (broad SMARTS) is 1. The van der Waals surface area contributed by atoms with Crippen molar-refractivity contribution in [1.29, 1.82) is 0 Å². The summed E-state index contributed by atoms with van der Waals surface area (Å²) in [7, 11) is 0. The first-order chi connectivity index (χ1) is 5.77. The van der Waals surface area contributed by atoms with E-state index in [-0.39, 0.29) is 27.3 Å². The van der Waals surface area contributed by atoms with Gasteiger partial charge in [-0.3, -0.25) is 4.79 Å². The van der Waals surface area contributed by atoms with Crippen molar-refractivity contribution in [1.82, 2.24) is 0 Å². The van der Waals surface area contributed by atoms with Crippen LogP contribution in [0.1, 0.15) is 58.3 Å². The van der Waals surface area contributed by atoms with Crippen LogP contribution in [0.25, 0.3) is 0 Å². The standard InChI is InChI=1S/C10H20O2.Pb/c1-2-3-4-5-6-7-8-9-10(11)12;/h2-9H2,1H3,(H,11,12);. The van der Waals surface area contributed by atoms with Crippen molar-refractivity contribution in [3.8, 4) is 0 Å². The van der Waals surface area contributed by atoms with Gasteiger partial charge in [0.1, 0.15) is 0 Å². The van der Waals surface area contributed by atoms with Crippen LogP contribution in [-0.2, 0) is 4.79 Å². The Labute approximate surface area is 101 Å². The summed E-state index contributed by atoms with van der Waals surface area (Å²) in [5.74, 6) is -0.663. The van der Waals surface area contributed by atoms with Crippen molar-refractivity contribution >= 4 is 33.3 Å². The van der Waals surface area contributed by atoms with Gasteiger partial charge < -0.3 is 5.11 Å². The van der Waals surface area contributed by atoms with Crippen molar-refractivity contribution in [2.24, 2.45) is 0 Å². The largest absolute Gasteiger partial charge is 0.481 e. The van der Waals surface area contributed by atoms with Crippen LogP contribution in [-0.4, -0.2) is 38.4 Å². The van der Waals surface area contributed by atoms with Gasteiger partial charge in [-0.15, -0.1) is 0 Å². The fourth-order valence-electron chi connectivity index (χ4n) is 1.23. The summed E-state index contributed by atoms with van der Waals surface area (Å²) in [6.45, 7) is 2.20. The van der Waals surface area contributed by atoms with Crippen molar-refractivity contribution in [2.75, 3.05) is 0 Å². The molecule has 2 nitrogen and oxygen atoms in total. The van der Waals surface area contributed by atoms with Gasteiger partial charge in [0.15, 0.2) is 0 Å². The Morgan fingerprint density at radius 2 is 1.46 bits per heavy atom. The molecule has 0 saturated heterocycles. The molecule has 0 atom stereocenters. The van der Waals surface area contributed by atoms with Gasteiger partial charge in [-0.1, -0.05) is 45.4 Å². The molecule has 0 amide bonds. The third kappa shape index (κ3) is 15.2. The van der Waals surface area contributed by atoms with Crippen LogP contribution in [0.2, 0.25) is 0 Å². The first kappa shape index (κ1) is 15.8. The first-order valence-electron chi connectivity index (χ1n) is 4.99. The van der Waals surface area contributed by atoms with E-state index in [2.05, 4.69) is 6.92 Å². The summed E-state index contributed by atoms with van der Waals surface area (Å²) in [6.07, 6.45) is 8.64. The normalized spacial score (nSPS) is 9.31. The van der Waals surface area contributed by atoms with Gasteiger partial charge in [0.05, 0.1) is 0 Å². The fourth-order valence-corrected chi connectivity index (χ4v) is 1.23. The predicted octanol–water partition coefficient (Wildman–Crippen LogP) is 2.83. The topological polar surface area (TPSA) is 37.3 Å². The molecule has 0 aliphatic rings.